The first-order valence-corrected chi connectivity index (χ1v) is 5.93. The molecule has 2 aliphatic rings. The van der Waals surface area contributed by atoms with Gasteiger partial charge in [0.05, 0.1) is 12.5 Å². The highest BCUT2D eigenvalue weighted by Gasteiger charge is 2.35. The van der Waals surface area contributed by atoms with Crippen LogP contribution in [0.3, 0.4) is 0 Å². The van der Waals surface area contributed by atoms with Gasteiger partial charge in [-0.1, -0.05) is 0 Å². The van der Waals surface area contributed by atoms with Gasteiger partial charge < -0.3 is 10.6 Å². The molecule has 16 heavy (non-hydrogen) atoms. The number of nitrogens with zero attached hydrogens (tertiary/aromatic N) is 1. The summed E-state index contributed by atoms with van der Waals surface area (Å²) in [5.41, 5.74) is 0. The van der Waals surface area contributed by atoms with Crippen molar-refractivity contribution in [3.8, 4) is 0 Å². The molecule has 5 heteroatoms. The molecule has 1 atom stereocenters. The van der Waals surface area contributed by atoms with Gasteiger partial charge in [-0.3, -0.25) is 14.5 Å². The Morgan fingerprint density at radius 2 is 2.06 bits per heavy atom. The summed E-state index contributed by atoms with van der Waals surface area (Å²) in [7, 11) is 1.55. The summed E-state index contributed by atoms with van der Waals surface area (Å²) in [6.45, 7) is 2.97. The van der Waals surface area contributed by atoms with E-state index in [2.05, 4.69) is 10.6 Å². The molecule has 2 aliphatic heterocycles. The number of carbonyl (C=O) groups is 2. The van der Waals surface area contributed by atoms with E-state index in [4.69, 9.17) is 0 Å². The summed E-state index contributed by atoms with van der Waals surface area (Å²) in [5.74, 6) is 0.474. The quantitative estimate of drug-likeness (QED) is 0.626. The fourth-order valence-electron chi connectivity index (χ4n) is 2.31. The number of piperidine rings is 1. The highest BCUT2D eigenvalue weighted by Crippen LogP contribution is 2.14. The Kier molecular flexibility index (Phi) is 3.56. The maximum absolute atomic E-state index is 11.6. The fourth-order valence-corrected chi connectivity index (χ4v) is 2.31. The van der Waals surface area contributed by atoms with Crippen LogP contribution in [0.15, 0.2) is 0 Å². The molecule has 0 spiro atoms. The minimum absolute atomic E-state index is 0.0761. The Labute approximate surface area is 95.6 Å². The maximum atomic E-state index is 11.6. The number of hydrogen-bond donors (Lipinski definition) is 2. The molecular formula is C11H19N3O2. The molecule has 2 rings (SSSR count). The van der Waals surface area contributed by atoms with E-state index < -0.39 is 0 Å². The van der Waals surface area contributed by atoms with E-state index in [-0.39, 0.29) is 17.9 Å². The van der Waals surface area contributed by atoms with Crippen molar-refractivity contribution in [2.75, 3.05) is 26.7 Å². The third kappa shape index (κ3) is 2.41. The molecule has 2 fully saturated rings. The van der Waals surface area contributed by atoms with Gasteiger partial charge in [-0.15, -0.1) is 0 Å². The number of imide groups is 1. The second kappa shape index (κ2) is 4.93. The summed E-state index contributed by atoms with van der Waals surface area (Å²) >= 11 is 0. The minimum atomic E-state index is -0.285. The lowest BCUT2D eigenvalue weighted by Gasteiger charge is -2.24. The van der Waals surface area contributed by atoms with Gasteiger partial charge in [0.25, 0.3) is 0 Å². The third-order valence-corrected chi connectivity index (χ3v) is 3.49. The van der Waals surface area contributed by atoms with Crippen LogP contribution in [0.1, 0.15) is 19.3 Å². The molecule has 0 aromatic rings. The summed E-state index contributed by atoms with van der Waals surface area (Å²) < 4.78 is 0. The van der Waals surface area contributed by atoms with Crippen LogP contribution in [0.4, 0.5) is 0 Å². The zero-order valence-electron chi connectivity index (χ0n) is 9.66. The summed E-state index contributed by atoms with van der Waals surface area (Å²) in [5, 5.41) is 6.53. The number of nitrogens with one attached hydrogen (secondary N) is 2. The molecule has 2 heterocycles. The van der Waals surface area contributed by atoms with Crippen LogP contribution in [-0.2, 0) is 9.59 Å². The Morgan fingerprint density at radius 1 is 1.38 bits per heavy atom. The van der Waals surface area contributed by atoms with Gasteiger partial charge in [0.2, 0.25) is 11.8 Å². The molecule has 0 aliphatic carbocycles. The first kappa shape index (κ1) is 11.5. The smallest absolute Gasteiger partial charge is 0.246 e. The number of hydrogen-bond acceptors (Lipinski definition) is 4. The molecule has 2 amide bonds. The molecule has 0 aromatic carbocycles. The van der Waals surface area contributed by atoms with Crippen LogP contribution >= 0.6 is 0 Å². The summed E-state index contributed by atoms with van der Waals surface area (Å²) in [6, 6.07) is -0.285. The van der Waals surface area contributed by atoms with E-state index in [9.17, 15) is 9.59 Å². The van der Waals surface area contributed by atoms with Crippen LogP contribution in [0.5, 0.6) is 0 Å². The molecule has 1 unspecified atom stereocenters. The average Bonchev–Trinajstić information content (AvgIpc) is 2.56. The number of carbonyl (C=O) groups excluding carboxylic acids is 2. The molecule has 2 N–H and O–H groups in total. The van der Waals surface area contributed by atoms with Crippen LogP contribution in [-0.4, -0.2) is 49.4 Å². The highest BCUT2D eigenvalue weighted by molar-refractivity contribution is 6.05. The number of rotatable bonds is 3. The second-order valence-corrected chi connectivity index (χ2v) is 4.65. The van der Waals surface area contributed by atoms with E-state index in [1.54, 1.807) is 7.05 Å². The van der Waals surface area contributed by atoms with Crippen molar-refractivity contribution in [1.82, 2.24) is 15.5 Å². The number of likely N-dealkylation sites (N-methyl/N-ethyl adjacent to an activating group) is 1. The molecular weight excluding hydrogens is 206 g/mol. The predicted octanol–water partition coefficient (Wildman–Crippen LogP) is -0.667. The van der Waals surface area contributed by atoms with Crippen molar-refractivity contribution >= 4 is 11.8 Å². The largest absolute Gasteiger partial charge is 0.317 e. The van der Waals surface area contributed by atoms with Crippen molar-refractivity contribution in [3.63, 3.8) is 0 Å². The summed E-state index contributed by atoms with van der Waals surface area (Å²) in [4.78, 5) is 24.1. The van der Waals surface area contributed by atoms with Crippen molar-refractivity contribution in [2.45, 2.75) is 25.3 Å². The minimum Gasteiger partial charge on any atom is -0.317 e. The van der Waals surface area contributed by atoms with E-state index in [1.165, 1.54) is 4.90 Å². The van der Waals surface area contributed by atoms with Gasteiger partial charge in [-0.25, -0.2) is 0 Å². The standard InChI is InChI=1S/C11H19N3O2/c1-14-10(15)6-9(11(14)16)13-7-8-2-4-12-5-3-8/h8-9,12-13H,2-7H2,1H3. The molecule has 0 radical (unpaired) electrons. The van der Waals surface area contributed by atoms with Gasteiger partial charge >= 0.3 is 0 Å². The Bertz CT molecular complexity index is 287. The SMILES string of the molecule is CN1C(=O)CC(NCC2CCNCC2)C1=O. The Hall–Kier alpha value is -0.940. The van der Waals surface area contributed by atoms with Gasteiger partial charge in [0.15, 0.2) is 0 Å². The molecule has 0 bridgehead atoms. The number of amides is 2. The first-order chi connectivity index (χ1) is 7.68. The lowest BCUT2D eigenvalue weighted by Crippen LogP contribution is -2.41. The molecule has 0 saturated carbocycles. The third-order valence-electron chi connectivity index (χ3n) is 3.49. The molecule has 0 aromatic heterocycles. The Balaban J connectivity index is 1.77. The van der Waals surface area contributed by atoms with Crippen molar-refractivity contribution in [3.05, 3.63) is 0 Å². The molecule has 2 saturated heterocycles. The van der Waals surface area contributed by atoms with E-state index in [1.807, 2.05) is 0 Å². The monoisotopic (exact) mass is 225 g/mol. The van der Waals surface area contributed by atoms with E-state index in [0.29, 0.717) is 12.3 Å². The van der Waals surface area contributed by atoms with Crippen molar-refractivity contribution in [1.29, 1.82) is 0 Å². The van der Waals surface area contributed by atoms with Crippen molar-refractivity contribution < 1.29 is 9.59 Å². The molecule has 90 valence electrons. The van der Waals surface area contributed by atoms with E-state index in [0.717, 1.165) is 32.5 Å². The van der Waals surface area contributed by atoms with Gasteiger partial charge in [0, 0.05) is 7.05 Å². The summed E-state index contributed by atoms with van der Waals surface area (Å²) in [6.07, 6.45) is 2.62. The topological polar surface area (TPSA) is 61.4 Å². The highest BCUT2D eigenvalue weighted by atomic mass is 16.2. The maximum Gasteiger partial charge on any atom is 0.246 e. The van der Waals surface area contributed by atoms with Crippen LogP contribution in [0.25, 0.3) is 0 Å². The average molecular weight is 225 g/mol. The second-order valence-electron chi connectivity index (χ2n) is 4.65. The van der Waals surface area contributed by atoms with Gasteiger partial charge in [-0.05, 0) is 38.4 Å². The lowest BCUT2D eigenvalue weighted by atomic mass is 9.98. The van der Waals surface area contributed by atoms with Crippen molar-refractivity contribution in [2.24, 2.45) is 5.92 Å². The zero-order chi connectivity index (χ0) is 11.5. The van der Waals surface area contributed by atoms with Crippen LogP contribution in [0, 0.1) is 5.92 Å². The van der Waals surface area contributed by atoms with Gasteiger partial charge in [0.1, 0.15) is 0 Å². The van der Waals surface area contributed by atoms with E-state index >= 15 is 0 Å². The lowest BCUT2D eigenvalue weighted by molar-refractivity contribution is -0.137. The fraction of sp³-hybridized carbons (Fsp3) is 0.818. The first-order valence-electron chi connectivity index (χ1n) is 5.93. The molecule has 5 nitrogen and oxygen atoms in total. The predicted molar refractivity (Wildman–Crippen MR) is 59.8 cm³/mol. The van der Waals surface area contributed by atoms with Gasteiger partial charge in [-0.2, -0.15) is 0 Å². The number of likely N-dealkylation sites (tertiary alicyclic amines) is 1. The Morgan fingerprint density at radius 3 is 2.62 bits per heavy atom. The zero-order valence-corrected chi connectivity index (χ0v) is 9.66. The van der Waals surface area contributed by atoms with Crippen LogP contribution < -0.4 is 10.6 Å². The van der Waals surface area contributed by atoms with Crippen LogP contribution in [0.2, 0.25) is 0 Å². The normalized spacial score (nSPS) is 27.8.